The summed E-state index contributed by atoms with van der Waals surface area (Å²) in [5.41, 5.74) is 2.21. The molecule has 1 heterocycles. The smallest absolute Gasteiger partial charge is 0.337 e. The van der Waals surface area contributed by atoms with Gasteiger partial charge >= 0.3 is 5.97 Å². The maximum Gasteiger partial charge on any atom is 0.337 e. The van der Waals surface area contributed by atoms with E-state index >= 15 is 0 Å². The minimum absolute atomic E-state index is 0.364. The van der Waals surface area contributed by atoms with Crippen LogP contribution in [0, 0.1) is 11.8 Å². The lowest BCUT2D eigenvalue weighted by molar-refractivity contribution is 0.0600. The molecule has 0 N–H and O–H groups in total. The molecule has 1 aromatic heterocycles. The fourth-order valence-electron chi connectivity index (χ4n) is 2.69. The van der Waals surface area contributed by atoms with Crippen molar-refractivity contribution in [1.82, 2.24) is 0 Å². The van der Waals surface area contributed by atoms with E-state index in [0.29, 0.717) is 28.2 Å². The number of ketones is 1. The van der Waals surface area contributed by atoms with Crippen molar-refractivity contribution < 1.29 is 23.8 Å². The van der Waals surface area contributed by atoms with Crippen LogP contribution in [0.5, 0.6) is 11.5 Å². The van der Waals surface area contributed by atoms with Crippen LogP contribution in [0.2, 0.25) is 0 Å². The zero-order valence-corrected chi connectivity index (χ0v) is 17.0. The quantitative estimate of drug-likeness (QED) is 0.356. The summed E-state index contributed by atoms with van der Waals surface area (Å²) in [5.74, 6) is 5.90. The lowest BCUT2D eigenvalue weighted by atomic mass is 10.1. The summed E-state index contributed by atoms with van der Waals surface area (Å²) in [6.07, 6.45) is 0. The molecular weight excluding hydrogens is 388 g/mol. The van der Waals surface area contributed by atoms with Gasteiger partial charge in [0.25, 0.3) is 0 Å². The van der Waals surface area contributed by atoms with Gasteiger partial charge in [0.05, 0.1) is 32.5 Å². The van der Waals surface area contributed by atoms with Crippen molar-refractivity contribution in [3.05, 3.63) is 70.6 Å². The summed E-state index contributed by atoms with van der Waals surface area (Å²) in [4.78, 5) is 25.0. The molecule has 0 bridgehead atoms. The summed E-state index contributed by atoms with van der Waals surface area (Å²) < 4.78 is 15.5. The van der Waals surface area contributed by atoms with Crippen LogP contribution in [-0.2, 0) is 4.74 Å². The zero-order valence-electron chi connectivity index (χ0n) is 16.1. The normalized spacial score (nSPS) is 9.90. The number of Topliss-reactive ketones (excluding diaryl/α,β-unsaturated/α-hetero) is 1. The molecule has 0 radical (unpaired) electrons. The van der Waals surface area contributed by atoms with Crippen molar-refractivity contribution in [2.75, 3.05) is 21.3 Å². The Morgan fingerprint density at radius 1 is 0.897 bits per heavy atom. The predicted octanol–water partition coefficient (Wildman–Crippen LogP) is 4.45. The number of rotatable bonds is 5. The minimum Gasteiger partial charge on any atom is -0.496 e. The number of carbonyl (C=O) groups excluding carboxylic acids is 2. The van der Waals surface area contributed by atoms with Gasteiger partial charge < -0.3 is 14.2 Å². The van der Waals surface area contributed by atoms with E-state index in [1.807, 2.05) is 23.6 Å². The Morgan fingerprint density at radius 3 is 2.17 bits per heavy atom. The lowest BCUT2D eigenvalue weighted by Crippen LogP contribution is -2.02. The third kappa shape index (κ3) is 4.48. The van der Waals surface area contributed by atoms with Gasteiger partial charge in [0.2, 0.25) is 5.78 Å². The Hall–Kier alpha value is -3.56. The van der Waals surface area contributed by atoms with E-state index in [4.69, 9.17) is 9.47 Å². The summed E-state index contributed by atoms with van der Waals surface area (Å²) in [7, 11) is 4.44. The molecule has 0 unspecified atom stereocenters. The van der Waals surface area contributed by atoms with Gasteiger partial charge in [-0.15, -0.1) is 11.3 Å². The highest BCUT2D eigenvalue weighted by atomic mass is 32.1. The molecule has 3 aromatic rings. The zero-order chi connectivity index (χ0) is 20.8. The molecule has 0 atom stereocenters. The molecule has 0 fully saturated rings. The van der Waals surface area contributed by atoms with Crippen LogP contribution in [0.15, 0.2) is 53.9 Å². The topological polar surface area (TPSA) is 61.8 Å². The second-order valence-electron chi connectivity index (χ2n) is 5.88. The maximum absolute atomic E-state index is 12.5. The summed E-state index contributed by atoms with van der Waals surface area (Å²) in [6.45, 7) is 0. The van der Waals surface area contributed by atoms with Gasteiger partial charge in [-0.05, 0) is 47.7 Å². The number of hydrogen-bond acceptors (Lipinski definition) is 6. The van der Waals surface area contributed by atoms with Crippen molar-refractivity contribution in [3.63, 3.8) is 0 Å². The first kappa shape index (κ1) is 20.2. The molecule has 2 aromatic carbocycles. The number of hydrogen-bond donors (Lipinski definition) is 0. The highest BCUT2D eigenvalue weighted by Gasteiger charge is 2.13. The predicted molar refractivity (Wildman–Crippen MR) is 112 cm³/mol. The Kier molecular flexibility index (Phi) is 6.32. The van der Waals surface area contributed by atoms with Gasteiger partial charge in [0, 0.05) is 22.1 Å². The van der Waals surface area contributed by atoms with Crippen LogP contribution in [0.4, 0.5) is 0 Å². The van der Waals surface area contributed by atoms with Gasteiger partial charge in [-0.3, -0.25) is 4.79 Å². The van der Waals surface area contributed by atoms with Gasteiger partial charge in [-0.25, -0.2) is 4.79 Å². The van der Waals surface area contributed by atoms with E-state index in [2.05, 4.69) is 16.6 Å². The summed E-state index contributed by atoms with van der Waals surface area (Å²) >= 11 is 1.58. The maximum atomic E-state index is 12.5. The second-order valence-corrected chi connectivity index (χ2v) is 6.83. The SMILES string of the molecule is COC(=O)c1ccc(C(=O)C#Cc2cc(-c3cccs3)c(OC)cc2OC)cc1. The van der Waals surface area contributed by atoms with Crippen LogP contribution in [0.25, 0.3) is 10.4 Å². The third-order valence-electron chi connectivity index (χ3n) is 4.19. The van der Waals surface area contributed by atoms with Crippen molar-refractivity contribution in [3.8, 4) is 33.8 Å². The first-order valence-corrected chi connectivity index (χ1v) is 9.50. The summed E-state index contributed by atoms with van der Waals surface area (Å²) in [5, 5.41) is 1.98. The average Bonchev–Trinajstić information content (AvgIpc) is 3.31. The molecule has 5 nitrogen and oxygen atoms in total. The molecule has 6 heteroatoms. The number of methoxy groups -OCH3 is 3. The number of benzene rings is 2. The molecule has 0 aliphatic rings. The molecule has 0 aliphatic heterocycles. The highest BCUT2D eigenvalue weighted by molar-refractivity contribution is 7.13. The first-order valence-electron chi connectivity index (χ1n) is 8.62. The number of thiophene rings is 1. The van der Waals surface area contributed by atoms with E-state index < -0.39 is 5.97 Å². The average molecular weight is 406 g/mol. The van der Waals surface area contributed by atoms with Crippen LogP contribution >= 0.6 is 11.3 Å². The fourth-order valence-corrected chi connectivity index (χ4v) is 3.44. The molecular formula is C23H18O5S. The standard InChI is InChI=1S/C23H18O5S/c1-26-20-14-21(27-2)18(22-5-4-12-29-22)13-17(20)10-11-19(24)15-6-8-16(9-7-15)23(25)28-3/h4-9,12-14H,1-3H3. The van der Waals surface area contributed by atoms with E-state index in [1.165, 1.54) is 26.4 Å². The van der Waals surface area contributed by atoms with Gasteiger partial charge in [-0.2, -0.15) is 0 Å². The van der Waals surface area contributed by atoms with E-state index in [-0.39, 0.29) is 5.78 Å². The number of carbonyl (C=O) groups is 2. The fraction of sp³-hybridized carbons (Fsp3) is 0.130. The van der Waals surface area contributed by atoms with E-state index in [0.717, 1.165) is 10.4 Å². The molecule has 0 spiro atoms. The van der Waals surface area contributed by atoms with Crippen LogP contribution < -0.4 is 9.47 Å². The highest BCUT2D eigenvalue weighted by Crippen LogP contribution is 2.37. The Bertz CT molecular complexity index is 1090. The van der Waals surface area contributed by atoms with Crippen LogP contribution in [0.3, 0.4) is 0 Å². The van der Waals surface area contributed by atoms with Crippen molar-refractivity contribution in [2.45, 2.75) is 0 Å². The minimum atomic E-state index is -0.459. The van der Waals surface area contributed by atoms with E-state index in [9.17, 15) is 9.59 Å². The third-order valence-corrected chi connectivity index (χ3v) is 5.09. The Labute approximate surface area is 172 Å². The Morgan fingerprint density at radius 2 is 1.59 bits per heavy atom. The molecule has 0 saturated heterocycles. The van der Waals surface area contributed by atoms with Crippen LogP contribution in [-0.4, -0.2) is 33.1 Å². The molecule has 0 saturated carbocycles. The Balaban J connectivity index is 1.94. The summed E-state index contributed by atoms with van der Waals surface area (Å²) in [6, 6.07) is 13.7. The largest absolute Gasteiger partial charge is 0.496 e. The monoisotopic (exact) mass is 406 g/mol. The lowest BCUT2D eigenvalue weighted by Gasteiger charge is -2.11. The molecule has 3 rings (SSSR count). The number of esters is 1. The molecule has 29 heavy (non-hydrogen) atoms. The molecule has 0 amide bonds. The first-order chi connectivity index (χ1) is 14.1. The number of ether oxygens (including phenoxy) is 3. The molecule has 0 aliphatic carbocycles. The van der Waals surface area contributed by atoms with Crippen molar-refractivity contribution >= 4 is 23.1 Å². The van der Waals surface area contributed by atoms with Crippen LogP contribution in [0.1, 0.15) is 26.3 Å². The molecule has 146 valence electrons. The van der Waals surface area contributed by atoms with Gasteiger partial charge in [-0.1, -0.05) is 12.0 Å². The second kappa shape index (κ2) is 9.09. The van der Waals surface area contributed by atoms with Crippen molar-refractivity contribution in [2.24, 2.45) is 0 Å². The van der Waals surface area contributed by atoms with E-state index in [1.54, 1.807) is 36.6 Å². The van der Waals surface area contributed by atoms with Gasteiger partial charge in [0.1, 0.15) is 11.5 Å². The van der Waals surface area contributed by atoms with Gasteiger partial charge in [0.15, 0.2) is 0 Å². The van der Waals surface area contributed by atoms with Crippen molar-refractivity contribution in [1.29, 1.82) is 0 Å².